The van der Waals surface area contributed by atoms with Gasteiger partial charge in [-0.3, -0.25) is 4.79 Å². The zero-order chi connectivity index (χ0) is 29.5. The molecule has 2 heterocycles. The van der Waals surface area contributed by atoms with Crippen molar-refractivity contribution in [2.45, 2.75) is 51.3 Å². The number of benzene rings is 3. The second kappa shape index (κ2) is 11.0. The lowest BCUT2D eigenvalue weighted by Crippen LogP contribution is -2.32. The van der Waals surface area contributed by atoms with E-state index in [1.165, 1.54) is 34.9 Å². The van der Waals surface area contributed by atoms with Gasteiger partial charge in [-0.2, -0.15) is 5.26 Å². The van der Waals surface area contributed by atoms with Gasteiger partial charge in [-0.25, -0.2) is 13.2 Å². The maximum atomic E-state index is 15.9. The molecule has 0 unspecified atom stereocenters. The quantitative estimate of drug-likeness (QED) is 0.290. The summed E-state index contributed by atoms with van der Waals surface area (Å²) >= 11 is 0. The van der Waals surface area contributed by atoms with Crippen LogP contribution in [0, 0.1) is 28.8 Å². The number of carbonyl (C=O) groups is 1. The van der Waals surface area contributed by atoms with Gasteiger partial charge in [0, 0.05) is 41.8 Å². The smallest absolute Gasteiger partial charge is 0.253 e. The van der Waals surface area contributed by atoms with Gasteiger partial charge in [0.05, 0.1) is 23.2 Å². The van der Waals surface area contributed by atoms with Crippen molar-refractivity contribution in [3.63, 3.8) is 0 Å². The molecule has 0 radical (unpaired) electrons. The summed E-state index contributed by atoms with van der Waals surface area (Å²) < 4.78 is 47.8. The maximum Gasteiger partial charge on any atom is 0.253 e. The van der Waals surface area contributed by atoms with E-state index in [0.717, 1.165) is 6.07 Å². The Labute approximate surface area is 236 Å². The van der Waals surface area contributed by atoms with Crippen LogP contribution in [0.15, 0.2) is 54.7 Å². The molecule has 0 aliphatic carbocycles. The first-order valence-corrected chi connectivity index (χ1v) is 13.7. The third kappa shape index (κ3) is 5.21. The van der Waals surface area contributed by atoms with Crippen LogP contribution >= 0.6 is 0 Å². The lowest BCUT2D eigenvalue weighted by atomic mass is 9.91. The van der Waals surface area contributed by atoms with Crippen LogP contribution in [0.4, 0.5) is 13.2 Å². The van der Waals surface area contributed by atoms with E-state index in [9.17, 15) is 19.6 Å². The number of rotatable bonds is 7. The van der Waals surface area contributed by atoms with Crippen LogP contribution in [-0.2, 0) is 6.54 Å². The summed E-state index contributed by atoms with van der Waals surface area (Å²) in [7, 11) is 0. The third-order valence-corrected chi connectivity index (χ3v) is 8.18. The first-order valence-electron chi connectivity index (χ1n) is 13.7. The van der Waals surface area contributed by atoms with Crippen molar-refractivity contribution in [3.05, 3.63) is 83.3 Å². The fraction of sp³-hybridized carbons (Fsp3) is 0.312. The Hall–Kier alpha value is -4.13. The number of nitrogens with two attached hydrogens (primary N) is 1. The van der Waals surface area contributed by atoms with Crippen molar-refractivity contribution in [2.75, 3.05) is 13.1 Å². The van der Waals surface area contributed by atoms with Crippen molar-refractivity contribution < 1.29 is 23.1 Å². The first kappa shape index (κ1) is 28.4. The standard InChI is InChI=1S/C32H31F3N4O2/c1-3-32(41,4-2)18-39-11-9-20-13-26(28(34)29(35)30(20)39)24-8-7-21(31(40)38-12-10-23(37)17-38)14-25(24)19-5-6-22(16-36)27(33)15-19/h5-9,11,13-15,23,41H,3-4,10,12,17-18,37H2,1-2H3/t23-/m0/s1. The van der Waals surface area contributed by atoms with Gasteiger partial charge in [0.2, 0.25) is 0 Å². The van der Waals surface area contributed by atoms with Gasteiger partial charge in [0.1, 0.15) is 11.9 Å². The molecule has 9 heteroatoms. The van der Waals surface area contributed by atoms with Crippen LogP contribution in [0.5, 0.6) is 0 Å². The molecular weight excluding hydrogens is 529 g/mol. The summed E-state index contributed by atoms with van der Waals surface area (Å²) in [5.74, 6) is -3.20. The minimum Gasteiger partial charge on any atom is -0.388 e. The molecule has 1 saturated heterocycles. The number of aliphatic hydroxyl groups is 1. The summed E-state index contributed by atoms with van der Waals surface area (Å²) in [5, 5.41) is 20.4. The molecule has 41 heavy (non-hydrogen) atoms. The van der Waals surface area contributed by atoms with E-state index in [1.807, 2.05) is 13.8 Å². The highest BCUT2D eigenvalue weighted by molar-refractivity contribution is 5.99. The van der Waals surface area contributed by atoms with Gasteiger partial charge >= 0.3 is 0 Å². The largest absolute Gasteiger partial charge is 0.388 e. The molecule has 212 valence electrons. The molecule has 4 aromatic rings. The molecule has 0 saturated carbocycles. The summed E-state index contributed by atoms with van der Waals surface area (Å²) in [5.41, 5.74) is 5.90. The molecule has 1 aliphatic rings. The second-order valence-electron chi connectivity index (χ2n) is 10.7. The molecule has 0 bridgehead atoms. The Kier molecular flexibility index (Phi) is 7.64. The second-order valence-corrected chi connectivity index (χ2v) is 10.7. The van der Waals surface area contributed by atoms with Crippen LogP contribution in [-0.4, -0.2) is 45.2 Å². The fourth-order valence-corrected chi connectivity index (χ4v) is 5.50. The van der Waals surface area contributed by atoms with E-state index >= 15 is 8.78 Å². The van der Waals surface area contributed by atoms with Gasteiger partial charge < -0.3 is 20.3 Å². The van der Waals surface area contributed by atoms with Gasteiger partial charge in [-0.1, -0.05) is 26.0 Å². The molecule has 3 aromatic carbocycles. The number of halogens is 3. The molecule has 1 fully saturated rings. The fourth-order valence-electron chi connectivity index (χ4n) is 5.50. The van der Waals surface area contributed by atoms with E-state index in [-0.39, 0.29) is 40.7 Å². The Morgan fingerprint density at radius 1 is 1.05 bits per heavy atom. The molecule has 1 atom stereocenters. The Morgan fingerprint density at radius 2 is 1.80 bits per heavy atom. The van der Waals surface area contributed by atoms with E-state index < -0.39 is 23.1 Å². The number of hydrogen-bond acceptors (Lipinski definition) is 4. The summed E-state index contributed by atoms with van der Waals surface area (Å²) in [6.45, 7) is 4.68. The number of hydrogen-bond donors (Lipinski definition) is 2. The lowest BCUT2D eigenvalue weighted by Gasteiger charge is -2.26. The predicted molar refractivity (Wildman–Crippen MR) is 151 cm³/mol. The maximum absolute atomic E-state index is 15.9. The molecule has 3 N–H and O–H groups in total. The number of likely N-dealkylation sites (tertiary alicyclic amines) is 1. The zero-order valence-corrected chi connectivity index (χ0v) is 22.9. The predicted octanol–water partition coefficient (Wildman–Crippen LogP) is 5.99. The first-order chi connectivity index (χ1) is 19.6. The zero-order valence-electron chi connectivity index (χ0n) is 22.9. The number of nitriles is 1. The molecule has 1 amide bonds. The monoisotopic (exact) mass is 560 g/mol. The highest BCUT2D eigenvalue weighted by Crippen LogP contribution is 2.39. The van der Waals surface area contributed by atoms with Crippen LogP contribution in [0.2, 0.25) is 0 Å². The highest BCUT2D eigenvalue weighted by Gasteiger charge is 2.28. The normalized spacial score (nSPS) is 15.5. The SMILES string of the molecule is CCC(O)(CC)Cn1ccc2cc(-c3ccc(C(=O)N4CC[C@H](N)C4)cc3-c3ccc(C#N)c(F)c3)c(F)c(F)c21. The van der Waals surface area contributed by atoms with Crippen LogP contribution < -0.4 is 5.73 Å². The van der Waals surface area contributed by atoms with E-state index in [1.54, 1.807) is 29.3 Å². The summed E-state index contributed by atoms with van der Waals surface area (Å²) in [6.07, 6.45) is 3.19. The number of fused-ring (bicyclic) bond motifs is 1. The molecule has 6 nitrogen and oxygen atoms in total. The molecule has 1 aromatic heterocycles. The van der Waals surface area contributed by atoms with Crippen molar-refractivity contribution in [1.29, 1.82) is 5.26 Å². The number of carbonyl (C=O) groups excluding carboxylic acids is 1. The van der Waals surface area contributed by atoms with Crippen LogP contribution in [0.1, 0.15) is 49.0 Å². The van der Waals surface area contributed by atoms with Crippen molar-refractivity contribution in [2.24, 2.45) is 5.73 Å². The Bertz CT molecular complexity index is 1690. The Morgan fingerprint density at radius 3 is 2.44 bits per heavy atom. The molecule has 0 spiro atoms. The highest BCUT2D eigenvalue weighted by atomic mass is 19.2. The minimum atomic E-state index is -1.10. The lowest BCUT2D eigenvalue weighted by molar-refractivity contribution is 0.0161. The third-order valence-electron chi connectivity index (χ3n) is 8.18. The van der Waals surface area contributed by atoms with Crippen LogP contribution in [0.25, 0.3) is 33.2 Å². The van der Waals surface area contributed by atoms with Gasteiger partial charge in [-0.15, -0.1) is 0 Å². The van der Waals surface area contributed by atoms with Crippen molar-refractivity contribution >= 4 is 16.8 Å². The van der Waals surface area contributed by atoms with Crippen molar-refractivity contribution in [3.8, 4) is 28.3 Å². The summed E-state index contributed by atoms with van der Waals surface area (Å²) in [4.78, 5) is 14.9. The molecule has 5 rings (SSSR count). The number of nitrogens with zero attached hydrogens (tertiary/aromatic N) is 3. The van der Waals surface area contributed by atoms with E-state index in [4.69, 9.17) is 5.73 Å². The average Bonchev–Trinajstić information content (AvgIpc) is 3.60. The van der Waals surface area contributed by atoms with Crippen molar-refractivity contribution in [1.82, 2.24) is 9.47 Å². The average molecular weight is 561 g/mol. The molecule has 1 aliphatic heterocycles. The van der Waals surface area contributed by atoms with Gasteiger partial charge in [-0.05, 0) is 72.4 Å². The number of aromatic nitrogens is 1. The minimum absolute atomic E-state index is 0.0368. The van der Waals surface area contributed by atoms with Crippen LogP contribution in [0.3, 0.4) is 0 Å². The van der Waals surface area contributed by atoms with Gasteiger partial charge in [0.25, 0.3) is 5.91 Å². The van der Waals surface area contributed by atoms with E-state index in [2.05, 4.69) is 0 Å². The van der Waals surface area contributed by atoms with Gasteiger partial charge in [0.15, 0.2) is 11.6 Å². The summed E-state index contributed by atoms with van der Waals surface area (Å²) in [6, 6.07) is 13.4. The van der Waals surface area contributed by atoms with E-state index in [0.29, 0.717) is 54.4 Å². The molecular formula is C32H31F3N4O2. The topological polar surface area (TPSA) is 95.3 Å². The Balaban J connectivity index is 1.67. The number of amides is 1.